The van der Waals surface area contributed by atoms with Crippen LogP contribution in [0.1, 0.15) is 33.1 Å². The Hall–Kier alpha value is -1.46. The second kappa shape index (κ2) is 13.7. The lowest BCUT2D eigenvalue weighted by atomic mass is 9.99. The molecular formula is C14H28Cl2N6O4. The molecule has 3 unspecified atom stereocenters. The zero-order valence-corrected chi connectivity index (χ0v) is 16.5. The van der Waals surface area contributed by atoms with E-state index in [9.17, 15) is 10.1 Å². The molecule has 1 heterocycles. The standard InChI is InChI=1S/C14H26N6O4.2ClH/c1-3-4-5-12(18-21)10(2)13(16)24-11(8-15)9-19-7-6-17-14(19)20(22)23;;/h6-7,10-11,13,21H,3-5,8-9,15-16H2,1-2H3;2*1H. The molecule has 0 aliphatic carbocycles. The summed E-state index contributed by atoms with van der Waals surface area (Å²) in [5, 5.41) is 23.3. The third kappa shape index (κ3) is 7.83. The quantitative estimate of drug-likeness (QED) is 0.164. The maximum Gasteiger partial charge on any atom is 0.434 e. The van der Waals surface area contributed by atoms with E-state index in [-0.39, 0.29) is 49.8 Å². The molecule has 0 saturated carbocycles. The molecule has 0 spiro atoms. The summed E-state index contributed by atoms with van der Waals surface area (Å²) in [5.41, 5.74) is 12.3. The van der Waals surface area contributed by atoms with Gasteiger partial charge >= 0.3 is 5.95 Å². The summed E-state index contributed by atoms with van der Waals surface area (Å²) in [7, 11) is 0. The lowest BCUT2D eigenvalue weighted by Gasteiger charge is -2.25. The van der Waals surface area contributed by atoms with Crippen LogP contribution in [0.4, 0.5) is 5.95 Å². The predicted octanol–water partition coefficient (Wildman–Crippen LogP) is 1.92. The molecule has 1 aromatic heterocycles. The van der Waals surface area contributed by atoms with Gasteiger partial charge in [0.05, 0.1) is 12.3 Å². The van der Waals surface area contributed by atoms with Gasteiger partial charge in [0.1, 0.15) is 24.7 Å². The number of nitrogens with zero attached hydrogens (tertiary/aromatic N) is 4. The van der Waals surface area contributed by atoms with E-state index in [4.69, 9.17) is 21.4 Å². The van der Waals surface area contributed by atoms with Gasteiger partial charge in [0.15, 0.2) is 0 Å². The van der Waals surface area contributed by atoms with Gasteiger partial charge < -0.3 is 31.5 Å². The van der Waals surface area contributed by atoms with Crippen LogP contribution < -0.4 is 11.5 Å². The maximum atomic E-state index is 10.9. The smallest absolute Gasteiger partial charge is 0.411 e. The Labute approximate surface area is 164 Å². The topological polar surface area (TPSA) is 155 Å². The van der Waals surface area contributed by atoms with E-state index in [0.717, 1.165) is 12.8 Å². The van der Waals surface area contributed by atoms with Crippen LogP contribution in [0.25, 0.3) is 0 Å². The molecule has 0 aliphatic heterocycles. The predicted molar refractivity (Wildman–Crippen MR) is 103 cm³/mol. The summed E-state index contributed by atoms with van der Waals surface area (Å²) in [5.74, 6) is -0.576. The van der Waals surface area contributed by atoms with E-state index in [1.165, 1.54) is 17.0 Å². The zero-order valence-electron chi connectivity index (χ0n) is 14.9. The highest BCUT2D eigenvalue weighted by molar-refractivity contribution is 5.86. The van der Waals surface area contributed by atoms with Crippen molar-refractivity contribution in [1.82, 2.24) is 9.55 Å². The highest BCUT2D eigenvalue weighted by atomic mass is 35.5. The Morgan fingerprint density at radius 3 is 2.69 bits per heavy atom. The van der Waals surface area contributed by atoms with Crippen LogP contribution in [0.5, 0.6) is 0 Å². The van der Waals surface area contributed by atoms with Crippen molar-refractivity contribution in [2.24, 2.45) is 22.5 Å². The average Bonchev–Trinajstić information content (AvgIpc) is 3.02. The molecule has 0 amide bonds. The monoisotopic (exact) mass is 414 g/mol. The van der Waals surface area contributed by atoms with Crippen molar-refractivity contribution >= 4 is 36.5 Å². The van der Waals surface area contributed by atoms with Crippen molar-refractivity contribution in [3.8, 4) is 0 Å². The van der Waals surface area contributed by atoms with Crippen molar-refractivity contribution in [3.05, 3.63) is 22.5 Å². The van der Waals surface area contributed by atoms with Crippen molar-refractivity contribution in [2.75, 3.05) is 6.54 Å². The molecule has 1 aromatic rings. The summed E-state index contributed by atoms with van der Waals surface area (Å²) < 4.78 is 7.08. The average molecular weight is 415 g/mol. The highest BCUT2D eigenvalue weighted by Gasteiger charge is 2.25. The lowest BCUT2D eigenvalue weighted by Crippen LogP contribution is -2.42. The van der Waals surface area contributed by atoms with Gasteiger partial charge in [0.2, 0.25) is 0 Å². The molecule has 0 bridgehead atoms. The number of halogens is 2. The summed E-state index contributed by atoms with van der Waals surface area (Å²) in [6.45, 7) is 4.14. The molecule has 26 heavy (non-hydrogen) atoms. The Balaban J connectivity index is 0. The first-order valence-corrected chi connectivity index (χ1v) is 7.92. The molecular weight excluding hydrogens is 387 g/mol. The van der Waals surface area contributed by atoms with Crippen LogP contribution >= 0.6 is 24.8 Å². The number of unbranched alkanes of at least 4 members (excludes halogenated alkanes) is 1. The van der Waals surface area contributed by atoms with Crippen LogP contribution in [0.3, 0.4) is 0 Å². The van der Waals surface area contributed by atoms with Gasteiger partial charge in [-0.15, -0.1) is 24.8 Å². The molecule has 0 fully saturated rings. The minimum absolute atomic E-state index is 0. The fourth-order valence-corrected chi connectivity index (χ4v) is 2.26. The molecule has 0 aliphatic rings. The number of oxime groups is 1. The Morgan fingerprint density at radius 1 is 1.54 bits per heavy atom. The molecule has 0 radical (unpaired) electrons. The van der Waals surface area contributed by atoms with Crippen molar-refractivity contribution in [1.29, 1.82) is 0 Å². The van der Waals surface area contributed by atoms with E-state index in [2.05, 4.69) is 10.1 Å². The number of imidazole rings is 1. The number of aromatic nitrogens is 2. The summed E-state index contributed by atoms with van der Waals surface area (Å²) in [4.78, 5) is 14.0. The SMILES string of the molecule is CCCCC(=NO)C(C)C(N)OC(CN)Cn1ccnc1[N+](=O)[O-].Cl.Cl. The van der Waals surface area contributed by atoms with E-state index in [1.54, 1.807) is 0 Å². The Morgan fingerprint density at radius 2 is 2.19 bits per heavy atom. The minimum Gasteiger partial charge on any atom is -0.411 e. The molecule has 12 heteroatoms. The molecule has 1 rings (SSSR count). The number of ether oxygens (including phenoxy) is 1. The minimum atomic E-state index is -0.733. The summed E-state index contributed by atoms with van der Waals surface area (Å²) >= 11 is 0. The Bertz CT molecular complexity index is 557. The summed E-state index contributed by atoms with van der Waals surface area (Å²) in [6, 6.07) is 0. The fraction of sp³-hybridized carbons (Fsp3) is 0.714. The number of rotatable bonds is 11. The molecule has 0 saturated heterocycles. The van der Waals surface area contributed by atoms with Crippen molar-refractivity contribution in [3.63, 3.8) is 0 Å². The first kappa shape index (κ1) is 26.8. The van der Waals surface area contributed by atoms with Crippen LogP contribution in [-0.2, 0) is 11.3 Å². The van der Waals surface area contributed by atoms with Crippen LogP contribution in [-0.4, -0.2) is 44.3 Å². The molecule has 152 valence electrons. The molecule has 3 atom stereocenters. The second-order valence-corrected chi connectivity index (χ2v) is 5.58. The largest absolute Gasteiger partial charge is 0.434 e. The number of nitrogens with two attached hydrogens (primary N) is 2. The Kier molecular flexibility index (Phi) is 14.1. The first-order chi connectivity index (χ1) is 11.4. The lowest BCUT2D eigenvalue weighted by molar-refractivity contribution is -0.397. The van der Waals surface area contributed by atoms with Gasteiger partial charge in [0, 0.05) is 12.5 Å². The molecule has 5 N–H and O–H groups in total. The molecule has 0 aromatic carbocycles. The third-order valence-electron chi connectivity index (χ3n) is 3.80. The van der Waals surface area contributed by atoms with Gasteiger partial charge in [-0.2, -0.15) is 0 Å². The summed E-state index contributed by atoms with van der Waals surface area (Å²) in [6.07, 6.45) is 4.06. The van der Waals surface area contributed by atoms with Gasteiger partial charge in [0.25, 0.3) is 0 Å². The van der Waals surface area contributed by atoms with Gasteiger partial charge in [-0.1, -0.05) is 30.4 Å². The van der Waals surface area contributed by atoms with Crippen molar-refractivity contribution in [2.45, 2.75) is 52.0 Å². The normalized spacial score (nSPS) is 14.7. The van der Waals surface area contributed by atoms with Crippen LogP contribution in [0, 0.1) is 16.0 Å². The highest BCUT2D eigenvalue weighted by Crippen LogP contribution is 2.15. The van der Waals surface area contributed by atoms with Gasteiger partial charge in [-0.25, -0.2) is 4.57 Å². The van der Waals surface area contributed by atoms with Crippen molar-refractivity contribution < 1.29 is 14.9 Å². The van der Waals surface area contributed by atoms with E-state index < -0.39 is 17.3 Å². The number of nitro groups is 1. The van der Waals surface area contributed by atoms with Crippen LogP contribution in [0.2, 0.25) is 0 Å². The van der Waals surface area contributed by atoms with E-state index >= 15 is 0 Å². The second-order valence-electron chi connectivity index (χ2n) is 5.58. The third-order valence-corrected chi connectivity index (χ3v) is 3.80. The van der Waals surface area contributed by atoms with Gasteiger partial charge in [-0.05, 0) is 17.8 Å². The maximum absolute atomic E-state index is 10.9. The van der Waals surface area contributed by atoms with E-state index in [1.807, 2.05) is 13.8 Å². The van der Waals surface area contributed by atoms with Crippen LogP contribution in [0.15, 0.2) is 17.5 Å². The fourth-order valence-electron chi connectivity index (χ4n) is 2.26. The van der Waals surface area contributed by atoms with Gasteiger partial charge in [-0.3, -0.25) is 0 Å². The number of hydrogen-bond acceptors (Lipinski definition) is 8. The first-order valence-electron chi connectivity index (χ1n) is 7.92. The molecule has 10 nitrogen and oxygen atoms in total. The van der Waals surface area contributed by atoms with E-state index in [0.29, 0.717) is 12.1 Å². The number of hydrogen-bond donors (Lipinski definition) is 3. The zero-order chi connectivity index (χ0) is 18.1.